The fourth-order valence-corrected chi connectivity index (χ4v) is 2.42. The monoisotopic (exact) mass is 339 g/mol. The molecular weight excluding hydrogens is 326 g/mol. The smallest absolute Gasteiger partial charge is 0.253 e. The Kier molecular flexibility index (Phi) is 4.99. The lowest BCUT2D eigenvalue weighted by atomic mass is 10.2. The third-order valence-electron chi connectivity index (χ3n) is 2.67. The van der Waals surface area contributed by atoms with Crippen molar-refractivity contribution in [2.75, 3.05) is 11.0 Å². The van der Waals surface area contributed by atoms with Gasteiger partial charge in [0.15, 0.2) is 0 Å². The van der Waals surface area contributed by atoms with Gasteiger partial charge in [0.1, 0.15) is 5.15 Å². The number of anilines is 1. The molecule has 2 N–H and O–H groups in total. The number of amides is 1. The van der Waals surface area contributed by atoms with E-state index in [-0.39, 0.29) is 12.5 Å². The second-order valence-electron chi connectivity index (χ2n) is 4.63. The van der Waals surface area contributed by atoms with Crippen LogP contribution in [-0.2, 0) is 16.6 Å². The Labute approximate surface area is 133 Å². The lowest BCUT2D eigenvalue weighted by molar-refractivity contribution is 0.0950. The van der Waals surface area contributed by atoms with Gasteiger partial charge in [0.05, 0.1) is 11.8 Å². The topological polar surface area (TPSA) is 88.2 Å². The Hall–Kier alpha value is -2.12. The lowest BCUT2D eigenvalue weighted by Gasteiger charge is -2.08. The second kappa shape index (κ2) is 6.76. The van der Waals surface area contributed by atoms with E-state index in [0.29, 0.717) is 16.4 Å². The van der Waals surface area contributed by atoms with Crippen LogP contribution >= 0.6 is 11.6 Å². The number of sulfonamides is 1. The number of pyridine rings is 1. The van der Waals surface area contributed by atoms with Gasteiger partial charge in [-0.15, -0.1) is 0 Å². The zero-order valence-electron chi connectivity index (χ0n) is 11.7. The minimum atomic E-state index is -3.33. The predicted molar refractivity (Wildman–Crippen MR) is 85.3 cm³/mol. The number of hydrogen-bond donors (Lipinski definition) is 2. The van der Waals surface area contributed by atoms with Gasteiger partial charge < -0.3 is 5.32 Å². The van der Waals surface area contributed by atoms with Crippen molar-refractivity contribution in [2.45, 2.75) is 6.54 Å². The molecular formula is C14H14ClN3O3S. The minimum Gasteiger partial charge on any atom is -0.348 e. The van der Waals surface area contributed by atoms with Crippen LogP contribution < -0.4 is 10.0 Å². The maximum atomic E-state index is 11.9. The molecule has 0 spiro atoms. The van der Waals surface area contributed by atoms with E-state index in [1.807, 2.05) is 0 Å². The van der Waals surface area contributed by atoms with E-state index in [4.69, 9.17) is 11.6 Å². The number of carbonyl (C=O) groups excluding carboxylic acids is 1. The van der Waals surface area contributed by atoms with Crippen molar-refractivity contribution in [3.05, 3.63) is 58.9 Å². The highest BCUT2D eigenvalue weighted by molar-refractivity contribution is 7.92. The summed E-state index contributed by atoms with van der Waals surface area (Å²) in [7, 11) is -3.33. The SMILES string of the molecule is CS(=O)(=O)Nc1cccc(CNC(=O)c2ccc(Cl)nc2)c1. The Balaban J connectivity index is 2.01. The highest BCUT2D eigenvalue weighted by Crippen LogP contribution is 2.12. The largest absolute Gasteiger partial charge is 0.348 e. The predicted octanol–water partition coefficient (Wildman–Crippen LogP) is 2.04. The number of carbonyl (C=O) groups is 1. The molecule has 1 heterocycles. The Morgan fingerprint density at radius 1 is 1.27 bits per heavy atom. The third kappa shape index (κ3) is 5.01. The number of rotatable bonds is 5. The Morgan fingerprint density at radius 2 is 2.05 bits per heavy atom. The lowest BCUT2D eigenvalue weighted by Crippen LogP contribution is -2.23. The van der Waals surface area contributed by atoms with Gasteiger partial charge in [-0.1, -0.05) is 23.7 Å². The number of hydrogen-bond acceptors (Lipinski definition) is 4. The molecule has 0 fully saturated rings. The third-order valence-corrected chi connectivity index (χ3v) is 3.50. The van der Waals surface area contributed by atoms with E-state index in [1.165, 1.54) is 12.3 Å². The van der Waals surface area contributed by atoms with Crippen molar-refractivity contribution in [1.82, 2.24) is 10.3 Å². The number of halogens is 1. The maximum absolute atomic E-state index is 11.9. The van der Waals surface area contributed by atoms with Gasteiger partial charge in [-0.05, 0) is 29.8 Å². The van der Waals surface area contributed by atoms with Crippen LogP contribution in [-0.4, -0.2) is 25.6 Å². The van der Waals surface area contributed by atoms with Gasteiger partial charge in [-0.25, -0.2) is 13.4 Å². The quantitative estimate of drug-likeness (QED) is 0.816. The highest BCUT2D eigenvalue weighted by atomic mass is 35.5. The van der Waals surface area contributed by atoms with Crippen LogP contribution in [0.5, 0.6) is 0 Å². The van der Waals surface area contributed by atoms with Crippen molar-refractivity contribution >= 4 is 33.2 Å². The highest BCUT2D eigenvalue weighted by Gasteiger charge is 2.07. The number of aromatic nitrogens is 1. The van der Waals surface area contributed by atoms with Crippen molar-refractivity contribution in [2.24, 2.45) is 0 Å². The molecule has 1 amide bonds. The molecule has 2 rings (SSSR count). The van der Waals surface area contributed by atoms with E-state index in [0.717, 1.165) is 11.8 Å². The van der Waals surface area contributed by atoms with Crippen LogP contribution in [0.1, 0.15) is 15.9 Å². The van der Waals surface area contributed by atoms with Gasteiger partial charge in [-0.3, -0.25) is 9.52 Å². The van der Waals surface area contributed by atoms with Crippen molar-refractivity contribution in [1.29, 1.82) is 0 Å². The number of benzene rings is 1. The van der Waals surface area contributed by atoms with Crippen LogP contribution in [0.4, 0.5) is 5.69 Å². The van der Waals surface area contributed by atoms with E-state index in [9.17, 15) is 13.2 Å². The standard InChI is InChI=1S/C14H14ClN3O3S/c1-22(20,21)18-12-4-2-3-10(7-12)8-17-14(19)11-5-6-13(15)16-9-11/h2-7,9,18H,8H2,1H3,(H,17,19). The van der Waals surface area contributed by atoms with Crippen molar-refractivity contribution in [3.63, 3.8) is 0 Å². The second-order valence-corrected chi connectivity index (χ2v) is 6.76. The first-order chi connectivity index (χ1) is 10.3. The molecule has 22 heavy (non-hydrogen) atoms. The fraction of sp³-hybridized carbons (Fsp3) is 0.143. The van der Waals surface area contributed by atoms with Crippen LogP contribution in [0.2, 0.25) is 5.15 Å². The molecule has 0 unspecified atom stereocenters. The summed E-state index contributed by atoms with van der Waals surface area (Å²) in [6, 6.07) is 9.89. The molecule has 0 aliphatic heterocycles. The summed E-state index contributed by atoms with van der Waals surface area (Å²) in [6.07, 6.45) is 2.47. The molecule has 1 aromatic heterocycles. The molecule has 0 saturated carbocycles. The summed E-state index contributed by atoms with van der Waals surface area (Å²) in [5.74, 6) is -0.286. The van der Waals surface area contributed by atoms with E-state index in [1.54, 1.807) is 30.3 Å². The summed E-state index contributed by atoms with van der Waals surface area (Å²) >= 11 is 5.66. The summed E-state index contributed by atoms with van der Waals surface area (Å²) in [5, 5.41) is 3.04. The zero-order chi connectivity index (χ0) is 16.2. The Bertz CT molecular complexity index is 776. The molecule has 0 aliphatic rings. The van der Waals surface area contributed by atoms with Crippen LogP contribution in [0.3, 0.4) is 0 Å². The molecule has 0 aliphatic carbocycles. The maximum Gasteiger partial charge on any atom is 0.253 e. The van der Waals surface area contributed by atoms with Gasteiger partial charge in [0.2, 0.25) is 10.0 Å². The fourth-order valence-electron chi connectivity index (χ4n) is 1.75. The molecule has 2 aromatic rings. The van der Waals surface area contributed by atoms with E-state index in [2.05, 4.69) is 15.0 Å². The first kappa shape index (κ1) is 16.3. The molecule has 116 valence electrons. The normalized spacial score (nSPS) is 11.0. The number of nitrogens with zero attached hydrogens (tertiary/aromatic N) is 1. The first-order valence-corrected chi connectivity index (χ1v) is 8.57. The van der Waals surface area contributed by atoms with Gasteiger partial charge in [-0.2, -0.15) is 0 Å². The van der Waals surface area contributed by atoms with Crippen molar-refractivity contribution in [3.8, 4) is 0 Å². The Morgan fingerprint density at radius 3 is 2.68 bits per heavy atom. The van der Waals surface area contributed by atoms with E-state index < -0.39 is 10.0 Å². The van der Waals surface area contributed by atoms with Crippen LogP contribution in [0.15, 0.2) is 42.6 Å². The molecule has 6 nitrogen and oxygen atoms in total. The molecule has 0 bridgehead atoms. The summed E-state index contributed by atoms with van der Waals surface area (Å²) in [6.45, 7) is 0.265. The average molecular weight is 340 g/mol. The molecule has 8 heteroatoms. The van der Waals surface area contributed by atoms with Gasteiger partial charge in [0, 0.05) is 18.4 Å². The van der Waals surface area contributed by atoms with Gasteiger partial charge >= 0.3 is 0 Å². The van der Waals surface area contributed by atoms with Gasteiger partial charge in [0.25, 0.3) is 5.91 Å². The molecule has 1 aromatic carbocycles. The zero-order valence-corrected chi connectivity index (χ0v) is 13.3. The molecule has 0 radical (unpaired) electrons. The molecule has 0 atom stereocenters. The molecule has 0 saturated heterocycles. The minimum absolute atomic E-state index is 0.265. The summed E-state index contributed by atoms with van der Waals surface area (Å²) in [5.41, 5.74) is 1.61. The summed E-state index contributed by atoms with van der Waals surface area (Å²) < 4.78 is 24.8. The van der Waals surface area contributed by atoms with E-state index >= 15 is 0 Å². The number of nitrogens with one attached hydrogen (secondary N) is 2. The van der Waals surface area contributed by atoms with Crippen molar-refractivity contribution < 1.29 is 13.2 Å². The average Bonchev–Trinajstić information content (AvgIpc) is 2.44. The summed E-state index contributed by atoms with van der Waals surface area (Å²) in [4.78, 5) is 15.8. The first-order valence-electron chi connectivity index (χ1n) is 6.30. The van der Waals surface area contributed by atoms with Crippen LogP contribution in [0, 0.1) is 0 Å². The van der Waals surface area contributed by atoms with Crippen LogP contribution in [0.25, 0.3) is 0 Å².